The number of H-pyrrole nitrogens is 1. The van der Waals surface area contributed by atoms with Crippen LogP contribution in [-0.2, 0) is 6.42 Å². The number of hydrogen-bond acceptors (Lipinski definition) is 4. The van der Waals surface area contributed by atoms with E-state index in [9.17, 15) is 0 Å². The van der Waals surface area contributed by atoms with E-state index in [1.165, 1.54) is 0 Å². The highest BCUT2D eigenvalue weighted by Gasteiger charge is 2.10. The molecule has 0 saturated carbocycles. The second-order valence-electron chi connectivity index (χ2n) is 3.76. The Bertz CT molecular complexity index is 523. The lowest BCUT2D eigenvalue weighted by atomic mass is 10.2. The minimum Gasteiger partial charge on any atom is -0.493 e. The maximum atomic E-state index is 5.53. The molecule has 0 spiro atoms. The van der Waals surface area contributed by atoms with Crippen LogP contribution in [0.5, 0.6) is 11.5 Å². The molecule has 96 valence electrons. The highest BCUT2D eigenvalue weighted by molar-refractivity contribution is 5.60. The first-order valence-electron chi connectivity index (χ1n) is 6.01. The third-order valence-electron chi connectivity index (χ3n) is 2.59. The van der Waals surface area contributed by atoms with Gasteiger partial charge in [0.25, 0.3) is 0 Å². The normalized spacial score (nSPS) is 10.4. The maximum absolute atomic E-state index is 5.53. The summed E-state index contributed by atoms with van der Waals surface area (Å²) in [7, 11) is 1.62. The molecule has 18 heavy (non-hydrogen) atoms. The number of nitrogens with zero attached hydrogens (tertiary/aromatic N) is 2. The quantitative estimate of drug-likeness (QED) is 0.881. The third-order valence-corrected chi connectivity index (χ3v) is 2.59. The Balaban J connectivity index is 2.36. The van der Waals surface area contributed by atoms with Crippen molar-refractivity contribution in [3.05, 3.63) is 24.0 Å². The van der Waals surface area contributed by atoms with E-state index in [1.807, 2.05) is 32.0 Å². The van der Waals surface area contributed by atoms with Crippen LogP contribution in [0.1, 0.15) is 19.7 Å². The van der Waals surface area contributed by atoms with Crippen molar-refractivity contribution < 1.29 is 9.47 Å². The van der Waals surface area contributed by atoms with Crippen LogP contribution in [0, 0.1) is 0 Å². The fourth-order valence-electron chi connectivity index (χ4n) is 1.67. The van der Waals surface area contributed by atoms with Gasteiger partial charge in [0, 0.05) is 12.0 Å². The Hall–Kier alpha value is -2.04. The Morgan fingerprint density at radius 2 is 2.06 bits per heavy atom. The lowest BCUT2D eigenvalue weighted by Gasteiger charge is -2.09. The summed E-state index contributed by atoms with van der Waals surface area (Å²) in [5.74, 6) is 2.97. The SMILES string of the molecule is CCOc1cc(-c2n[nH]c(CC)n2)ccc1OC. The predicted molar refractivity (Wildman–Crippen MR) is 68.9 cm³/mol. The van der Waals surface area contributed by atoms with Crippen LogP contribution in [0.25, 0.3) is 11.4 Å². The van der Waals surface area contributed by atoms with Gasteiger partial charge >= 0.3 is 0 Å². The van der Waals surface area contributed by atoms with E-state index in [4.69, 9.17) is 9.47 Å². The van der Waals surface area contributed by atoms with E-state index in [0.29, 0.717) is 23.9 Å². The summed E-state index contributed by atoms with van der Waals surface area (Å²) in [6.45, 7) is 4.56. The Morgan fingerprint density at radius 3 is 2.67 bits per heavy atom. The molecule has 1 aromatic heterocycles. The summed E-state index contributed by atoms with van der Waals surface area (Å²) in [5.41, 5.74) is 0.912. The van der Waals surface area contributed by atoms with Gasteiger partial charge in [-0.1, -0.05) is 6.92 Å². The van der Waals surface area contributed by atoms with Crippen molar-refractivity contribution in [3.8, 4) is 22.9 Å². The number of aryl methyl sites for hydroxylation is 1. The van der Waals surface area contributed by atoms with Gasteiger partial charge in [0.05, 0.1) is 13.7 Å². The number of ether oxygens (including phenoxy) is 2. The fourth-order valence-corrected chi connectivity index (χ4v) is 1.67. The molecule has 0 saturated heterocycles. The number of methoxy groups -OCH3 is 1. The van der Waals surface area contributed by atoms with Gasteiger partial charge in [-0.25, -0.2) is 4.98 Å². The lowest BCUT2D eigenvalue weighted by Crippen LogP contribution is -1.96. The summed E-state index contributed by atoms with van der Waals surface area (Å²) in [6.07, 6.45) is 0.835. The summed E-state index contributed by atoms with van der Waals surface area (Å²) < 4.78 is 10.8. The highest BCUT2D eigenvalue weighted by atomic mass is 16.5. The molecular weight excluding hydrogens is 230 g/mol. The van der Waals surface area contributed by atoms with Gasteiger partial charge in [-0.2, -0.15) is 5.10 Å². The lowest BCUT2D eigenvalue weighted by molar-refractivity contribution is 0.311. The summed E-state index contributed by atoms with van der Waals surface area (Å²) >= 11 is 0. The van der Waals surface area contributed by atoms with E-state index in [1.54, 1.807) is 7.11 Å². The third kappa shape index (κ3) is 2.45. The fraction of sp³-hybridized carbons (Fsp3) is 0.385. The van der Waals surface area contributed by atoms with E-state index >= 15 is 0 Å². The molecule has 0 atom stereocenters. The molecule has 0 amide bonds. The van der Waals surface area contributed by atoms with Gasteiger partial charge in [-0.3, -0.25) is 5.10 Å². The van der Waals surface area contributed by atoms with Gasteiger partial charge in [0.2, 0.25) is 0 Å². The molecule has 0 aliphatic rings. The van der Waals surface area contributed by atoms with E-state index in [2.05, 4.69) is 15.2 Å². The van der Waals surface area contributed by atoms with Crippen LogP contribution in [0.15, 0.2) is 18.2 Å². The van der Waals surface area contributed by atoms with E-state index in [0.717, 1.165) is 17.8 Å². The molecule has 1 N–H and O–H groups in total. The first-order chi connectivity index (χ1) is 8.78. The first-order valence-corrected chi connectivity index (χ1v) is 6.01. The summed E-state index contributed by atoms with van der Waals surface area (Å²) in [4.78, 5) is 4.39. The van der Waals surface area contributed by atoms with Crippen molar-refractivity contribution >= 4 is 0 Å². The zero-order chi connectivity index (χ0) is 13.0. The smallest absolute Gasteiger partial charge is 0.181 e. The predicted octanol–water partition coefficient (Wildman–Crippen LogP) is 2.44. The molecule has 5 nitrogen and oxygen atoms in total. The monoisotopic (exact) mass is 247 g/mol. The maximum Gasteiger partial charge on any atom is 0.181 e. The molecule has 0 aliphatic heterocycles. The molecule has 1 heterocycles. The van der Waals surface area contributed by atoms with Crippen LogP contribution in [0.4, 0.5) is 0 Å². The second kappa shape index (κ2) is 5.53. The summed E-state index contributed by atoms with van der Waals surface area (Å²) in [5, 5.41) is 7.08. The highest BCUT2D eigenvalue weighted by Crippen LogP contribution is 2.31. The standard InChI is InChI=1S/C13H17N3O2/c1-4-12-14-13(16-15-12)9-6-7-10(17-3)11(8-9)18-5-2/h6-8H,4-5H2,1-3H3,(H,14,15,16). The summed E-state index contributed by atoms with van der Waals surface area (Å²) in [6, 6.07) is 5.68. The Kier molecular flexibility index (Phi) is 3.82. The molecule has 1 aromatic carbocycles. The van der Waals surface area contributed by atoms with Crippen molar-refractivity contribution in [1.82, 2.24) is 15.2 Å². The van der Waals surface area contributed by atoms with Gasteiger partial charge in [-0.15, -0.1) is 0 Å². The average molecular weight is 247 g/mol. The number of aromatic amines is 1. The van der Waals surface area contributed by atoms with Gasteiger partial charge < -0.3 is 9.47 Å². The largest absolute Gasteiger partial charge is 0.493 e. The molecule has 2 rings (SSSR count). The Morgan fingerprint density at radius 1 is 1.22 bits per heavy atom. The van der Waals surface area contributed by atoms with Crippen molar-refractivity contribution in [2.45, 2.75) is 20.3 Å². The van der Waals surface area contributed by atoms with Crippen molar-refractivity contribution in [2.24, 2.45) is 0 Å². The van der Waals surface area contributed by atoms with Crippen molar-refractivity contribution in [2.75, 3.05) is 13.7 Å². The topological polar surface area (TPSA) is 60.0 Å². The molecule has 0 bridgehead atoms. The van der Waals surface area contributed by atoms with Gasteiger partial charge in [0.1, 0.15) is 5.82 Å². The molecule has 0 radical (unpaired) electrons. The van der Waals surface area contributed by atoms with Gasteiger partial charge in [0.15, 0.2) is 17.3 Å². The number of rotatable bonds is 5. The molecular formula is C13H17N3O2. The van der Waals surface area contributed by atoms with Crippen LogP contribution < -0.4 is 9.47 Å². The van der Waals surface area contributed by atoms with Crippen LogP contribution in [0.3, 0.4) is 0 Å². The average Bonchev–Trinajstić information content (AvgIpc) is 2.88. The van der Waals surface area contributed by atoms with Crippen LogP contribution in [0.2, 0.25) is 0 Å². The molecule has 0 unspecified atom stereocenters. The minimum atomic E-state index is 0.591. The van der Waals surface area contributed by atoms with E-state index < -0.39 is 0 Å². The zero-order valence-corrected chi connectivity index (χ0v) is 10.9. The Labute approximate surface area is 106 Å². The molecule has 2 aromatic rings. The second-order valence-corrected chi connectivity index (χ2v) is 3.76. The van der Waals surface area contributed by atoms with E-state index in [-0.39, 0.29) is 0 Å². The number of hydrogen-bond donors (Lipinski definition) is 1. The van der Waals surface area contributed by atoms with Crippen LogP contribution >= 0.6 is 0 Å². The van der Waals surface area contributed by atoms with Crippen molar-refractivity contribution in [1.29, 1.82) is 0 Å². The van der Waals surface area contributed by atoms with Crippen molar-refractivity contribution in [3.63, 3.8) is 0 Å². The minimum absolute atomic E-state index is 0.591. The van der Waals surface area contributed by atoms with Gasteiger partial charge in [-0.05, 0) is 25.1 Å². The molecule has 0 fully saturated rings. The molecule has 0 aliphatic carbocycles. The number of benzene rings is 1. The van der Waals surface area contributed by atoms with Crippen LogP contribution in [-0.4, -0.2) is 28.9 Å². The molecule has 5 heteroatoms. The number of nitrogens with one attached hydrogen (secondary N) is 1. The zero-order valence-electron chi connectivity index (χ0n) is 10.9. The number of aromatic nitrogens is 3. The first kappa shape index (κ1) is 12.4.